The maximum Gasteiger partial charge on any atom is 0.155 e. The fraction of sp³-hybridized carbons (Fsp3) is 0.476. The topological polar surface area (TPSA) is 62.6 Å². The first kappa shape index (κ1) is 17.6. The summed E-state index contributed by atoms with van der Waals surface area (Å²) in [5.41, 5.74) is 4.79. The number of nitrogens with one attached hydrogen (secondary N) is 1. The van der Waals surface area contributed by atoms with E-state index in [1.165, 1.54) is 35.5 Å². The van der Waals surface area contributed by atoms with E-state index in [2.05, 4.69) is 20.1 Å². The third-order valence-corrected chi connectivity index (χ3v) is 5.94. The fourth-order valence-electron chi connectivity index (χ4n) is 4.60. The first-order valence-electron chi connectivity index (χ1n) is 10.1. The highest BCUT2D eigenvalue weighted by molar-refractivity contribution is 5.40. The molecule has 0 spiro atoms. The molecule has 1 fully saturated rings. The van der Waals surface area contributed by atoms with Gasteiger partial charge in [0.15, 0.2) is 5.82 Å². The Hall–Kier alpha value is -2.54. The lowest BCUT2D eigenvalue weighted by Crippen LogP contribution is -2.34. The van der Waals surface area contributed by atoms with E-state index in [4.69, 9.17) is 5.10 Å². The largest absolute Gasteiger partial charge is 0.297 e. The van der Waals surface area contributed by atoms with Crippen molar-refractivity contribution in [1.82, 2.24) is 29.9 Å². The summed E-state index contributed by atoms with van der Waals surface area (Å²) in [6.07, 6.45) is 5.58. The van der Waals surface area contributed by atoms with E-state index in [-0.39, 0.29) is 5.82 Å². The van der Waals surface area contributed by atoms with E-state index < -0.39 is 0 Å². The van der Waals surface area contributed by atoms with Gasteiger partial charge >= 0.3 is 0 Å². The lowest BCUT2D eigenvalue weighted by molar-refractivity contribution is 0.194. The van der Waals surface area contributed by atoms with Crippen molar-refractivity contribution < 1.29 is 4.39 Å². The molecular formula is C21H25FN6. The van der Waals surface area contributed by atoms with Crippen LogP contribution >= 0.6 is 0 Å². The van der Waals surface area contributed by atoms with Crippen molar-refractivity contribution in [1.29, 1.82) is 0 Å². The number of H-pyrrole nitrogens is 1. The van der Waals surface area contributed by atoms with Crippen LogP contribution in [0.5, 0.6) is 0 Å². The molecule has 7 heteroatoms. The zero-order valence-corrected chi connectivity index (χ0v) is 16.2. The van der Waals surface area contributed by atoms with Gasteiger partial charge in [0, 0.05) is 24.7 Å². The lowest BCUT2D eigenvalue weighted by atomic mass is 9.97. The average Bonchev–Trinajstić information content (AvgIpc) is 3.41. The van der Waals surface area contributed by atoms with Crippen LogP contribution in [0.3, 0.4) is 0 Å². The van der Waals surface area contributed by atoms with Crippen LogP contribution in [0.1, 0.15) is 53.8 Å². The number of fused-ring (bicyclic) bond motifs is 1. The minimum absolute atomic E-state index is 0.214. The predicted octanol–water partition coefficient (Wildman–Crippen LogP) is 3.31. The molecule has 3 heterocycles. The number of hydrogen-bond donors (Lipinski definition) is 1. The highest BCUT2D eigenvalue weighted by Crippen LogP contribution is 2.31. The molecule has 0 amide bonds. The Morgan fingerprint density at radius 1 is 1.18 bits per heavy atom. The summed E-state index contributed by atoms with van der Waals surface area (Å²) in [7, 11) is 0. The maximum absolute atomic E-state index is 13.3. The summed E-state index contributed by atoms with van der Waals surface area (Å²) in [4.78, 5) is 7.02. The van der Waals surface area contributed by atoms with E-state index in [9.17, 15) is 4.39 Å². The van der Waals surface area contributed by atoms with Gasteiger partial charge in [-0.2, -0.15) is 10.2 Å². The molecule has 1 aromatic carbocycles. The number of nitrogens with zero attached hydrogens (tertiary/aromatic N) is 5. The standard InChI is InChI=1S/C21H25FN6/c1-14-23-21(25-24-14)15-4-3-11-27(12-15)13-19-18-5-2-6-20(18)28(26-19)17-9-7-16(22)8-10-17/h7-10,15H,2-6,11-13H2,1H3,(H,23,24,25). The normalized spacial score (nSPS) is 19.9. The van der Waals surface area contributed by atoms with Gasteiger partial charge in [0.05, 0.1) is 11.4 Å². The van der Waals surface area contributed by atoms with Crippen molar-refractivity contribution in [3.05, 3.63) is 58.7 Å². The number of aryl methyl sites for hydroxylation is 1. The van der Waals surface area contributed by atoms with E-state index in [0.717, 1.165) is 62.7 Å². The van der Waals surface area contributed by atoms with Crippen molar-refractivity contribution in [2.45, 2.75) is 51.5 Å². The first-order valence-corrected chi connectivity index (χ1v) is 10.1. The summed E-state index contributed by atoms with van der Waals surface area (Å²) in [5.74, 6) is 1.98. The summed E-state index contributed by atoms with van der Waals surface area (Å²) in [6.45, 7) is 4.85. The Morgan fingerprint density at radius 3 is 2.82 bits per heavy atom. The SMILES string of the molecule is Cc1nc(C2CCCN(Cc3nn(-c4ccc(F)cc4)c4c3CCC4)C2)n[nH]1. The number of aromatic nitrogens is 5. The Balaban J connectivity index is 1.38. The van der Waals surface area contributed by atoms with E-state index in [1.54, 1.807) is 0 Å². The molecule has 0 radical (unpaired) electrons. The molecule has 1 saturated heterocycles. The summed E-state index contributed by atoms with van der Waals surface area (Å²) in [6, 6.07) is 6.64. The molecule has 2 aromatic heterocycles. The van der Waals surface area contributed by atoms with Crippen LogP contribution in [0.2, 0.25) is 0 Å². The summed E-state index contributed by atoms with van der Waals surface area (Å²) < 4.78 is 15.3. The summed E-state index contributed by atoms with van der Waals surface area (Å²) >= 11 is 0. The van der Waals surface area contributed by atoms with Crippen LogP contribution in [-0.4, -0.2) is 43.0 Å². The van der Waals surface area contributed by atoms with Gasteiger partial charge in [-0.3, -0.25) is 10.00 Å². The Labute approximate surface area is 163 Å². The number of likely N-dealkylation sites (tertiary alicyclic amines) is 1. The minimum atomic E-state index is -0.214. The van der Waals surface area contributed by atoms with Crippen LogP contribution in [0.25, 0.3) is 5.69 Å². The van der Waals surface area contributed by atoms with Crippen LogP contribution < -0.4 is 0 Å². The third-order valence-electron chi connectivity index (χ3n) is 5.94. The van der Waals surface area contributed by atoms with Gasteiger partial charge in [0.2, 0.25) is 0 Å². The zero-order valence-electron chi connectivity index (χ0n) is 16.2. The monoisotopic (exact) mass is 380 g/mol. The molecule has 1 aliphatic heterocycles. The van der Waals surface area contributed by atoms with Crippen LogP contribution in [0.15, 0.2) is 24.3 Å². The number of aromatic amines is 1. The number of benzene rings is 1. The molecule has 3 aromatic rings. The quantitative estimate of drug-likeness (QED) is 0.754. The van der Waals surface area contributed by atoms with E-state index in [1.807, 2.05) is 23.7 Å². The molecule has 1 N–H and O–H groups in total. The van der Waals surface area contributed by atoms with Crippen LogP contribution in [0, 0.1) is 12.7 Å². The highest BCUT2D eigenvalue weighted by Gasteiger charge is 2.28. The molecule has 5 rings (SSSR count). The smallest absolute Gasteiger partial charge is 0.155 e. The molecule has 1 unspecified atom stereocenters. The molecule has 2 aliphatic rings. The van der Waals surface area contributed by atoms with Gasteiger partial charge in [-0.1, -0.05) is 0 Å². The second-order valence-corrected chi connectivity index (χ2v) is 7.97. The second kappa shape index (κ2) is 7.13. The third kappa shape index (κ3) is 3.24. The van der Waals surface area contributed by atoms with Gasteiger partial charge in [0.1, 0.15) is 11.6 Å². The number of hydrogen-bond acceptors (Lipinski definition) is 4. The highest BCUT2D eigenvalue weighted by atomic mass is 19.1. The number of piperidine rings is 1. The van der Waals surface area contributed by atoms with Crippen LogP contribution in [0.4, 0.5) is 4.39 Å². The molecular weight excluding hydrogens is 355 g/mol. The second-order valence-electron chi connectivity index (χ2n) is 7.97. The number of halogens is 1. The molecule has 28 heavy (non-hydrogen) atoms. The van der Waals surface area contributed by atoms with Gasteiger partial charge in [0.25, 0.3) is 0 Å². The number of rotatable bonds is 4. The fourth-order valence-corrected chi connectivity index (χ4v) is 4.60. The van der Waals surface area contributed by atoms with Crippen molar-refractivity contribution >= 4 is 0 Å². The van der Waals surface area contributed by atoms with Crippen molar-refractivity contribution in [2.24, 2.45) is 0 Å². The lowest BCUT2D eigenvalue weighted by Gasteiger charge is -2.31. The average molecular weight is 380 g/mol. The molecule has 1 aliphatic carbocycles. The Kier molecular flexibility index (Phi) is 4.47. The zero-order chi connectivity index (χ0) is 19.1. The van der Waals surface area contributed by atoms with Crippen LogP contribution in [-0.2, 0) is 19.4 Å². The van der Waals surface area contributed by atoms with E-state index in [0.29, 0.717) is 5.92 Å². The molecule has 1 atom stereocenters. The summed E-state index contributed by atoms with van der Waals surface area (Å²) in [5, 5.41) is 12.3. The van der Waals surface area contributed by atoms with Gasteiger partial charge in [-0.25, -0.2) is 14.1 Å². The minimum Gasteiger partial charge on any atom is -0.297 e. The predicted molar refractivity (Wildman–Crippen MR) is 104 cm³/mol. The van der Waals surface area contributed by atoms with Crippen molar-refractivity contribution in [3.8, 4) is 5.69 Å². The Morgan fingerprint density at radius 2 is 2.04 bits per heavy atom. The van der Waals surface area contributed by atoms with Gasteiger partial charge in [-0.15, -0.1) is 0 Å². The van der Waals surface area contributed by atoms with Gasteiger partial charge in [-0.05, 0) is 75.4 Å². The molecule has 6 nitrogen and oxygen atoms in total. The Bertz CT molecular complexity index is 973. The van der Waals surface area contributed by atoms with Gasteiger partial charge < -0.3 is 0 Å². The van der Waals surface area contributed by atoms with E-state index >= 15 is 0 Å². The first-order chi connectivity index (χ1) is 13.7. The molecule has 0 saturated carbocycles. The van der Waals surface area contributed by atoms with Crippen molar-refractivity contribution in [2.75, 3.05) is 13.1 Å². The maximum atomic E-state index is 13.3. The molecule has 146 valence electrons. The van der Waals surface area contributed by atoms with Crippen molar-refractivity contribution in [3.63, 3.8) is 0 Å². The molecule has 0 bridgehead atoms.